The maximum atomic E-state index is 12.3. The molecule has 0 amide bonds. The number of aromatic nitrogens is 5. The van der Waals surface area contributed by atoms with Crippen molar-refractivity contribution in [2.75, 3.05) is 0 Å². The summed E-state index contributed by atoms with van der Waals surface area (Å²) in [6.07, 6.45) is 3.04. The average molecular weight is 496 g/mol. The first-order valence-corrected chi connectivity index (χ1v) is 11.1. The third-order valence-corrected chi connectivity index (χ3v) is 6.22. The van der Waals surface area contributed by atoms with Crippen LogP contribution in [0.4, 0.5) is 0 Å². The summed E-state index contributed by atoms with van der Waals surface area (Å²) in [7, 11) is 0. The highest BCUT2D eigenvalue weighted by Gasteiger charge is 2.37. The predicted octanol–water partition coefficient (Wildman–Crippen LogP) is 4.70. The molecule has 34 heavy (non-hydrogen) atoms. The smallest absolute Gasteiger partial charge is 0.323 e. The monoisotopic (exact) mass is 495 g/mol. The molecule has 0 aliphatic heterocycles. The van der Waals surface area contributed by atoms with Crippen LogP contribution in [0.1, 0.15) is 28.4 Å². The lowest BCUT2D eigenvalue weighted by atomic mass is 9.83. The second-order valence-electron chi connectivity index (χ2n) is 8.09. The van der Waals surface area contributed by atoms with Crippen molar-refractivity contribution in [1.29, 1.82) is 0 Å². The van der Waals surface area contributed by atoms with Gasteiger partial charge in [-0.15, -0.1) is 0 Å². The van der Waals surface area contributed by atoms with Gasteiger partial charge in [-0.1, -0.05) is 28.4 Å². The summed E-state index contributed by atoms with van der Waals surface area (Å²) in [5.41, 5.74) is 2.45. The molecule has 0 saturated carbocycles. The van der Waals surface area contributed by atoms with Crippen LogP contribution >= 0.6 is 23.2 Å². The van der Waals surface area contributed by atoms with Crippen LogP contribution in [0.3, 0.4) is 0 Å². The summed E-state index contributed by atoms with van der Waals surface area (Å²) in [6, 6.07) is 10.4. The number of pyridine rings is 2. The molecule has 172 valence electrons. The van der Waals surface area contributed by atoms with Crippen molar-refractivity contribution in [3.05, 3.63) is 97.7 Å². The Balaban J connectivity index is 1.80. The summed E-state index contributed by atoms with van der Waals surface area (Å²) in [4.78, 5) is 26.7. The Morgan fingerprint density at radius 1 is 1.03 bits per heavy atom. The molecule has 0 bridgehead atoms. The topological polar surface area (TPSA) is 121 Å². The largest absolute Gasteiger partial charge is 0.378 e. The zero-order valence-corrected chi connectivity index (χ0v) is 19.7. The number of nitrogens with one attached hydrogen (secondary N) is 2. The SMILES string of the molecule is Cc1noc(C)c1-c1cc(C(O)(Cc2ccc(Cl)cn2)c2ccc(Cl)cn2)c2[nH]c(=O)[nH]c2c1. The molecule has 10 heteroatoms. The van der Waals surface area contributed by atoms with Crippen molar-refractivity contribution < 1.29 is 9.63 Å². The van der Waals surface area contributed by atoms with Crippen LogP contribution in [-0.2, 0) is 12.0 Å². The van der Waals surface area contributed by atoms with E-state index in [9.17, 15) is 9.90 Å². The molecule has 5 aromatic rings. The van der Waals surface area contributed by atoms with Crippen molar-refractivity contribution in [2.24, 2.45) is 0 Å². The van der Waals surface area contributed by atoms with Crippen LogP contribution in [0.2, 0.25) is 10.0 Å². The molecule has 1 atom stereocenters. The first-order chi connectivity index (χ1) is 16.2. The maximum Gasteiger partial charge on any atom is 0.323 e. The summed E-state index contributed by atoms with van der Waals surface area (Å²) >= 11 is 12.1. The van der Waals surface area contributed by atoms with Gasteiger partial charge in [0.1, 0.15) is 11.4 Å². The number of aryl methyl sites for hydroxylation is 2. The van der Waals surface area contributed by atoms with Gasteiger partial charge in [0.25, 0.3) is 0 Å². The first-order valence-electron chi connectivity index (χ1n) is 10.4. The van der Waals surface area contributed by atoms with Gasteiger partial charge in [0.05, 0.1) is 32.5 Å². The molecule has 0 aliphatic rings. The highest BCUT2D eigenvalue weighted by Crippen LogP contribution is 2.39. The normalized spacial score (nSPS) is 13.3. The first kappa shape index (κ1) is 22.3. The highest BCUT2D eigenvalue weighted by molar-refractivity contribution is 6.30. The van der Waals surface area contributed by atoms with Crippen LogP contribution in [0.5, 0.6) is 0 Å². The van der Waals surface area contributed by atoms with E-state index >= 15 is 0 Å². The van der Waals surface area contributed by atoms with Crippen molar-refractivity contribution in [2.45, 2.75) is 25.9 Å². The molecule has 0 saturated heterocycles. The fraction of sp³-hybridized carbons (Fsp3) is 0.167. The number of imidazole rings is 1. The van der Waals surface area contributed by atoms with E-state index < -0.39 is 11.3 Å². The zero-order chi connectivity index (χ0) is 24.0. The molecule has 1 aromatic carbocycles. The Morgan fingerprint density at radius 2 is 1.76 bits per heavy atom. The lowest BCUT2D eigenvalue weighted by Crippen LogP contribution is -2.32. The Kier molecular flexibility index (Phi) is 5.51. The number of aliphatic hydroxyl groups is 1. The maximum absolute atomic E-state index is 12.3. The van der Waals surface area contributed by atoms with Crippen LogP contribution in [0.25, 0.3) is 22.2 Å². The summed E-state index contributed by atoms with van der Waals surface area (Å²) in [6.45, 7) is 3.64. The summed E-state index contributed by atoms with van der Waals surface area (Å²) in [5, 5.41) is 17.2. The van der Waals surface area contributed by atoms with Gasteiger partial charge < -0.3 is 19.6 Å². The van der Waals surface area contributed by atoms with Gasteiger partial charge in [0.15, 0.2) is 0 Å². The molecule has 0 aliphatic carbocycles. The molecule has 0 radical (unpaired) electrons. The fourth-order valence-corrected chi connectivity index (χ4v) is 4.45. The number of rotatable bonds is 5. The number of nitrogens with zero attached hydrogens (tertiary/aromatic N) is 3. The van der Waals surface area contributed by atoms with Crippen molar-refractivity contribution in [3.63, 3.8) is 0 Å². The minimum Gasteiger partial charge on any atom is -0.378 e. The van der Waals surface area contributed by atoms with Gasteiger partial charge in [-0.2, -0.15) is 0 Å². The quantitative estimate of drug-likeness (QED) is 0.324. The molecule has 0 spiro atoms. The second-order valence-corrected chi connectivity index (χ2v) is 8.96. The van der Waals surface area contributed by atoms with Gasteiger partial charge in [-0.3, -0.25) is 9.97 Å². The molecular formula is C24H19Cl2N5O3. The summed E-state index contributed by atoms with van der Waals surface area (Å²) < 4.78 is 5.36. The Labute approximate surface area is 203 Å². The van der Waals surface area contributed by atoms with Crippen LogP contribution < -0.4 is 5.69 Å². The third-order valence-electron chi connectivity index (χ3n) is 5.77. The molecule has 0 fully saturated rings. The number of aromatic amines is 2. The van der Waals surface area contributed by atoms with Gasteiger partial charge in [0, 0.05) is 35.6 Å². The lowest BCUT2D eigenvalue weighted by molar-refractivity contribution is 0.0768. The Hall–Kier alpha value is -3.46. The number of benzene rings is 1. The standard InChI is InChI=1S/C24H19Cl2N5O3/c1-12-21(13(2)34-31-12)14-7-18(22-19(8-14)29-23(32)30-22)24(33,20-6-4-16(26)11-28-20)9-17-5-3-15(25)10-27-17/h3-8,10-11,33H,9H2,1-2H3,(H2,29,30,32). The zero-order valence-electron chi connectivity index (χ0n) is 18.2. The number of H-pyrrole nitrogens is 2. The Bertz CT molecular complexity index is 1540. The van der Waals surface area contributed by atoms with E-state index in [0.717, 1.165) is 11.1 Å². The van der Waals surface area contributed by atoms with Crippen molar-refractivity contribution in [1.82, 2.24) is 25.1 Å². The van der Waals surface area contributed by atoms with Crippen LogP contribution in [-0.4, -0.2) is 30.2 Å². The van der Waals surface area contributed by atoms with Crippen LogP contribution in [0, 0.1) is 13.8 Å². The second kappa shape index (κ2) is 8.39. The molecule has 5 rings (SSSR count). The van der Waals surface area contributed by atoms with Crippen molar-refractivity contribution >= 4 is 34.2 Å². The molecule has 3 N–H and O–H groups in total. The fourth-order valence-electron chi connectivity index (χ4n) is 4.23. The Morgan fingerprint density at radius 3 is 2.38 bits per heavy atom. The number of fused-ring (bicyclic) bond motifs is 1. The molecule has 1 unspecified atom stereocenters. The van der Waals surface area contributed by atoms with E-state index in [-0.39, 0.29) is 6.42 Å². The van der Waals surface area contributed by atoms with Gasteiger partial charge >= 0.3 is 5.69 Å². The number of halogens is 2. The van der Waals surface area contributed by atoms with Gasteiger partial charge in [-0.05, 0) is 55.8 Å². The van der Waals surface area contributed by atoms with E-state index in [2.05, 4.69) is 25.1 Å². The van der Waals surface area contributed by atoms with Gasteiger partial charge in [-0.25, -0.2) is 4.79 Å². The van der Waals surface area contributed by atoms with Gasteiger partial charge in [0.2, 0.25) is 0 Å². The minimum atomic E-state index is -1.68. The van der Waals surface area contributed by atoms with E-state index in [1.165, 1.54) is 12.4 Å². The molecule has 4 aromatic heterocycles. The highest BCUT2D eigenvalue weighted by atomic mass is 35.5. The number of hydrogen-bond acceptors (Lipinski definition) is 6. The lowest BCUT2D eigenvalue weighted by Gasteiger charge is -2.29. The van der Waals surface area contributed by atoms with Crippen LogP contribution in [0.15, 0.2) is 58.1 Å². The van der Waals surface area contributed by atoms with E-state index in [1.54, 1.807) is 24.3 Å². The third kappa shape index (κ3) is 3.90. The van der Waals surface area contributed by atoms with Crippen molar-refractivity contribution in [3.8, 4) is 11.1 Å². The van der Waals surface area contributed by atoms with E-state index in [0.29, 0.717) is 49.5 Å². The predicted molar refractivity (Wildman–Crippen MR) is 129 cm³/mol. The molecule has 4 heterocycles. The minimum absolute atomic E-state index is 0.0617. The number of hydrogen-bond donors (Lipinski definition) is 3. The molecule has 8 nitrogen and oxygen atoms in total. The van der Waals surface area contributed by atoms with E-state index in [4.69, 9.17) is 27.7 Å². The summed E-state index contributed by atoms with van der Waals surface area (Å²) in [5.74, 6) is 0.619. The van der Waals surface area contributed by atoms with E-state index in [1.807, 2.05) is 26.0 Å². The molecular weight excluding hydrogens is 477 g/mol. The average Bonchev–Trinajstić information content (AvgIpc) is 3.35.